The van der Waals surface area contributed by atoms with Crippen molar-refractivity contribution < 1.29 is 4.21 Å². The molecular weight excluding hydrogens is 276 g/mol. The second kappa shape index (κ2) is 6.69. The van der Waals surface area contributed by atoms with Crippen LogP contribution in [0.1, 0.15) is 16.7 Å². The molecule has 0 saturated heterocycles. The Labute approximate surface area is 121 Å². The molecule has 1 unspecified atom stereocenters. The zero-order valence-corrected chi connectivity index (χ0v) is 12.2. The lowest BCUT2D eigenvalue weighted by molar-refractivity contribution is 0.688. The third-order valence-electron chi connectivity index (χ3n) is 2.71. The second-order valence-electron chi connectivity index (χ2n) is 4.36. The first-order chi connectivity index (χ1) is 9.13. The molecule has 0 N–H and O–H groups in total. The van der Waals surface area contributed by atoms with Gasteiger partial charge in [0.1, 0.15) is 0 Å². The van der Waals surface area contributed by atoms with Crippen LogP contribution in [0.2, 0.25) is 5.02 Å². The maximum Gasteiger partial charge on any atom is 0.0526 e. The standard InChI is InChI=1S/C16H15ClOS/c1-13-2-4-14(5-3-13)10-11-19(18)12-15-6-8-16(17)9-7-15/h2-11H,12H2,1H3/b11-10-. The van der Waals surface area contributed by atoms with E-state index in [0.717, 1.165) is 11.1 Å². The van der Waals surface area contributed by atoms with Crippen molar-refractivity contribution in [1.82, 2.24) is 0 Å². The number of hydrogen-bond donors (Lipinski definition) is 0. The van der Waals surface area contributed by atoms with Gasteiger partial charge in [-0.15, -0.1) is 0 Å². The van der Waals surface area contributed by atoms with Crippen molar-refractivity contribution in [2.75, 3.05) is 0 Å². The van der Waals surface area contributed by atoms with Crippen molar-refractivity contribution >= 4 is 28.5 Å². The summed E-state index contributed by atoms with van der Waals surface area (Å²) >= 11 is 5.81. The number of benzene rings is 2. The van der Waals surface area contributed by atoms with E-state index in [1.54, 1.807) is 5.41 Å². The van der Waals surface area contributed by atoms with Crippen LogP contribution in [0.15, 0.2) is 53.9 Å². The highest BCUT2D eigenvalue weighted by Crippen LogP contribution is 2.12. The Morgan fingerprint density at radius 1 is 1.05 bits per heavy atom. The van der Waals surface area contributed by atoms with Gasteiger partial charge in [0.25, 0.3) is 0 Å². The van der Waals surface area contributed by atoms with Gasteiger partial charge in [-0.2, -0.15) is 0 Å². The molecule has 0 aliphatic heterocycles. The highest BCUT2D eigenvalue weighted by molar-refractivity contribution is 7.87. The van der Waals surface area contributed by atoms with Gasteiger partial charge in [-0.05, 0) is 36.3 Å². The Morgan fingerprint density at radius 3 is 2.32 bits per heavy atom. The predicted octanol–water partition coefficient (Wildman–Crippen LogP) is 4.57. The maximum absolute atomic E-state index is 11.9. The topological polar surface area (TPSA) is 17.1 Å². The molecule has 0 amide bonds. The summed E-state index contributed by atoms with van der Waals surface area (Å²) in [5, 5.41) is 2.43. The number of hydrogen-bond acceptors (Lipinski definition) is 1. The summed E-state index contributed by atoms with van der Waals surface area (Å²) < 4.78 is 11.9. The molecule has 1 atom stereocenters. The highest BCUT2D eigenvalue weighted by Gasteiger charge is 1.98. The van der Waals surface area contributed by atoms with Crippen LogP contribution in [-0.4, -0.2) is 4.21 Å². The van der Waals surface area contributed by atoms with Gasteiger partial charge in [-0.1, -0.05) is 53.6 Å². The largest absolute Gasteiger partial charge is 0.255 e. The normalized spacial score (nSPS) is 12.7. The average molecular weight is 291 g/mol. The molecule has 2 aromatic carbocycles. The van der Waals surface area contributed by atoms with Crippen molar-refractivity contribution in [2.24, 2.45) is 0 Å². The first kappa shape index (κ1) is 14.0. The monoisotopic (exact) mass is 290 g/mol. The average Bonchev–Trinajstić information content (AvgIpc) is 2.41. The van der Waals surface area contributed by atoms with Crippen LogP contribution in [0.5, 0.6) is 0 Å². The van der Waals surface area contributed by atoms with Crippen LogP contribution in [0.25, 0.3) is 6.08 Å². The van der Waals surface area contributed by atoms with E-state index in [1.165, 1.54) is 5.56 Å². The van der Waals surface area contributed by atoms with Crippen LogP contribution in [0.4, 0.5) is 0 Å². The molecule has 19 heavy (non-hydrogen) atoms. The van der Waals surface area contributed by atoms with Crippen molar-refractivity contribution in [3.8, 4) is 0 Å². The van der Waals surface area contributed by atoms with E-state index in [1.807, 2.05) is 61.5 Å². The van der Waals surface area contributed by atoms with Crippen molar-refractivity contribution in [2.45, 2.75) is 12.7 Å². The van der Waals surface area contributed by atoms with E-state index >= 15 is 0 Å². The van der Waals surface area contributed by atoms with Gasteiger partial charge in [-0.25, -0.2) is 0 Å². The molecular formula is C16H15ClOS. The molecule has 2 aromatic rings. The summed E-state index contributed by atoms with van der Waals surface area (Å²) in [6.45, 7) is 2.05. The molecule has 0 saturated carbocycles. The minimum absolute atomic E-state index is 0.513. The first-order valence-corrected chi connectivity index (χ1v) is 7.76. The summed E-state index contributed by atoms with van der Waals surface area (Å²) in [5.74, 6) is 0.513. The predicted molar refractivity (Wildman–Crippen MR) is 83.5 cm³/mol. The SMILES string of the molecule is Cc1ccc(/C=C\S(=O)Cc2ccc(Cl)cc2)cc1. The third-order valence-corrected chi connectivity index (χ3v) is 4.02. The molecule has 1 nitrogen and oxygen atoms in total. The molecule has 0 aliphatic rings. The summed E-state index contributed by atoms with van der Waals surface area (Å²) in [7, 11) is -1.01. The molecule has 0 fully saturated rings. The quantitative estimate of drug-likeness (QED) is 0.806. The number of aryl methyl sites for hydroxylation is 1. The zero-order valence-electron chi connectivity index (χ0n) is 10.7. The summed E-state index contributed by atoms with van der Waals surface area (Å²) in [4.78, 5) is 0. The summed E-state index contributed by atoms with van der Waals surface area (Å²) in [6, 6.07) is 15.6. The fraction of sp³-hybridized carbons (Fsp3) is 0.125. The summed E-state index contributed by atoms with van der Waals surface area (Å²) in [5.41, 5.74) is 3.31. The maximum atomic E-state index is 11.9. The number of halogens is 1. The zero-order chi connectivity index (χ0) is 13.7. The van der Waals surface area contributed by atoms with Gasteiger partial charge < -0.3 is 0 Å². The van der Waals surface area contributed by atoms with E-state index in [0.29, 0.717) is 10.8 Å². The van der Waals surface area contributed by atoms with E-state index in [4.69, 9.17) is 11.6 Å². The van der Waals surface area contributed by atoms with Crippen LogP contribution in [0, 0.1) is 6.92 Å². The Hall–Kier alpha value is -1.38. The number of rotatable bonds is 4. The summed E-state index contributed by atoms with van der Waals surface area (Å²) in [6.07, 6.45) is 1.89. The van der Waals surface area contributed by atoms with Gasteiger partial charge in [0.05, 0.1) is 16.6 Å². The molecule has 0 bridgehead atoms. The van der Waals surface area contributed by atoms with E-state index < -0.39 is 10.8 Å². The van der Waals surface area contributed by atoms with E-state index in [9.17, 15) is 4.21 Å². The molecule has 3 heteroatoms. The van der Waals surface area contributed by atoms with E-state index in [-0.39, 0.29) is 0 Å². The minimum Gasteiger partial charge on any atom is -0.255 e. The molecule has 2 rings (SSSR count). The first-order valence-electron chi connectivity index (χ1n) is 6.00. The van der Waals surface area contributed by atoms with Crippen molar-refractivity contribution in [1.29, 1.82) is 0 Å². The fourth-order valence-electron chi connectivity index (χ4n) is 1.63. The Morgan fingerprint density at radius 2 is 1.68 bits per heavy atom. The van der Waals surface area contributed by atoms with Gasteiger partial charge in [0.15, 0.2) is 0 Å². The molecule has 98 valence electrons. The Kier molecular flexibility index (Phi) is 4.94. The Bertz CT molecular complexity index is 585. The molecule has 0 spiro atoms. The lowest BCUT2D eigenvalue weighted by Gasteiger charge is -1.99. The van der Waals surface area contributed by atoms with Gasteiger partial charge in [0, 0.05) is 10.4 Å². The Balaban J connectivity index is 1.97. The van der Waals surface area contributed by atoms with Crippen LogP contribution >= 0.6 is 11.6 Å². The third kappa shape index (κ3) is 4.66. The van der Waals surface area contributed by atoms with Crippen molar-refractivity contribution in [3.63, 3.8) is 0 Å². The van der Waals surface area contributed by atoms with Crippen LogP contribution in [-0.2, 0) is 16.6 Å². The van der Waals surface area contributed by atoms with Crippen LogP contribution in [0.3, 0.4) is 0 Å². The molecule has 0 aromatic heterocycles. The van der Waals surface area contributed by atoms with Crippen molar-refractivity contribution in [3.05, 3.63) is 75.7 Å². The van der Waals surface area contributed by atoms with E-state index in [2.05, 4.69) is 0 Å². The van der Waals surface area contributed by atoms with Crippen LogP contribution < -0.4 is 0 Å². The van der Waals surface area contributed by atoms with Gasteiger partial charge >= 0.3 is 0 Å². The molecule has 0 radical (unpaired) electrons. The lowest BCUT2D eigenvalue weighted by atomic mass is 10.2. The second-order valence-corrected chi connectivity index (χ2v) is 6.12. The fourth-order valence-corrected chi connectivity index (χ4v) is 2.68. The highest BCUT2D eigenvalue weighted by atomic mass is 35.5. The molecule has 0 aliphatic carbocycles. The smallest absolute Gasteiger partial charge is 0.0526 e. The van der Waals surface area contributed by atoms with Gasteiger partial charge in [-0.3, -0.25) is 4.21 Å². The minimum atomic E-state index is -1.01. The molecule has 0 heterocycles. The van der Waals surface area contributed by atoms with Gasteiger partial charge in [0.2, 0.25) is 0 Å². The lowest BCUT2D eigenvalue weighted by Crippen LogP contribution is -1.90.